The van der Waals surface area contributed by atoms with Crippen molar-refractivity contribution >= 4 is 33.6 Å². The lowest BCUT2D eigenvalue weighted by atomic mass is 9.85. The number of likely N-dealkylation sites (tertiary alicyclic amines) is 1. The Kier molecular flexibility index (Phi) is 8.18. The first-order chi connectivity index (χ1) is 24.2. The molecule has 0 saturated carbocycles. The molecule has 8 rings (SSSR count). The van der Waals surface area contributed by atoms with Crippen molar-refractivity contribution in [3.8, 4) is 22.4 Å². The van der Waals surface area contributed by atoms with Crippen molar-refractivity contribution in [1.29, 1.82) is 0 Å². The fourth-order valence-electron chi connectivity index (χ4n) is 8.03. The predicted octanol–water partition coefficient (Wildman–Crippen LogP) is 5.08. The summed E-state index contributed by atoms with van der Waals surface area (Å²) >= 11 is 0. The zero-order valence-electron chi connectivity index (χ0n) is 28.7. The van der Waals surface area contributed by atoms with E-state index in [9.17, 15) is 9.59 Å². The van der Waals surface area contributed by atoms with Gasteiger partial charge in [0.15, 0.2) is 11.5 Å². The Labute approximate surface area is 289 Å². The van der Waals surface area contributed by atoms with Crippen LogP contribution in [0.4, 0.5) is 5.82 Å². The summed E-state index contributed by atoms with van der Waals surface area (Å²) in [6.45, 7) is 4.91. The van der Waals surface area contributed by atoms with Crippen LogP contribution in [0.1, 0.15) is 47.7 Å². The van der Waals surface area contributed by atoms with Crippen molar-refractivity contribution in [2.24, 2.45) is 27.1 Å². The molecule has 1 N–H and O–H groups in total. The van der Waals surface area contributed by atoms with Crippen LogP contribution in [0.5, 0.6) is 0 Å². The lowest BCUT2D eigenvalue weighted by Crippen LogP contribution is -2.41. The topological polar surface area (TPSA) is 127 Å². The van der Waals surface area contributed by atoms with Crippen molar-refractivity contribution in [3.63, 3.8) is 0 Å². The van der Waals surface area contributed by atoms with Crippen LogP contribution in [-0.2, 0) is 21.1 Å². The Balaban J connectivity index is 1.01. The van der Waals surface area contributed by atoms with Gasteiger partial charge in [0, 0.05) is 64.1 Å². The molecule has 0 aliphatic carbocycles. The first kappa shape index (κ1) is 31.9. The van der Waals surface area contributed by atoms with Crippen molar-refractivity contribution in [1.82, 2.24) is 39.0 Å². The summed E-state index contributed by atoms with van der Waals surface area (Å²) < 4.78 is 5.38. The normalized spacial score (nSPS) is 16.5. The van der Waals surface area contributed by atoms with Crippen LogP contribution in [0.15, 0.2) is 71.9 Å². The highest BCUT2D eigenvalue weighted by molar-refractivity contribution is 5.99. The number of aromatic nitrogens is 7. The molecule has 2 aliphatic rings. The highest BCUT2D eigenvalue weighted by Crippen LogP contribution is 2.39. The number of nitrogens with zero attached hydrogens (tertiary/aromatic N) is 9. The molecule has 50 heavy (non-hydrogen) atoms. The maximum atomic E-state index is 13.3. The van der Waals surface area contributed by atoms with Crippen LogP contribution in [0.25, 0.3) is 44.2 Å². The molecule has 6 aromatic rings. The minimum absolute atomic E-state index is 0.00770. The summed E-state index contributed by atoms with van der Waals surface area (Å²) in [6, 6.07) is 16.3. The quantitative estimate of drug-likeness (QED) is 0.247. The van der Waals surface area contributed by atoms with E-state index in [1.807, 2.05) is 44.3 Å². The number of piperidine rings is 2. The van der Waals surface area contributed by atoms with Crippen molar-refractivity contribution in [3.05, 3.63) is 88.9 Å². The number of hydrogen-bond donors (Lipinski definition) is 1. The molecular weight excluding hydrogens is 630 g/mol. The first-order valence-electron chi connectivity index (χ1n) is 17.4. The molecule has 2 aliphatic heterocycles. The van der Waals surface area contributed by atoms with Crippen LogP contribution in [0, 0.1) is 5.92 Å². The maximum Gasteiger partial charge on any atom is 0.356 e. The molecule has 12 heteroatoms. The predicted molar refractivity (Wildman–Crippen MR) is 193 cm³/mol. The Hall–Kier alpha value is -5.36. The second-order valence-corrected chi connectivity index (χ2v) is 13.9. The summed E-state index contributed by atoms with van der Waals surface area (Å²) in [5.74, 6) is 0.640. The number of rotatable bonds is 7. The van der Waals surface area contributed by atoms with Crippen LogP contribution in [-0.4, -0.2) is 82.8 Å². The number of aromatic carboxylic acids is 1. The highest BCUT2D eigenvalue weighted by atomic mass is 16.4. The number of carbonyl (C=O) groups is 1. The lowest BCUT2D eigenvalue weighted by molar-refractivity contribution is 0.0689. The van der Waals surface area contributed by atoms with Crippen LogP contribution in [0.3, 0.4) is 0 Å². The van der Waals surface area contributed by atoms with E-state index in [0.717, 1.165) is 108 Å². The Bertz CT molecular complexity index is 2270. The second-order valence-electron chi connectivity index (χ2n) is 13.9. The SMILES string of the molecule is Cn1cc(-c2cc3cccc(-c4cc(C5CCN(CC6CCN(c7ccc(C(=O)O)nn7)CC6)CC5)c5c(c4)n(C)c(=O)n5C)c3cn2)cn1. The Morgan fingerprint density at radius 3 is 2.38 bits per heavy atom. The van der Waals surface area contributed by atoms with Gasteiger partial charge in [-0.2, -0.15) is 5.10 Å². The molecule has 4 aromatic heterocycles. The number of aryl methyl sites for hydroxylation is 3. The third kappa shape index (κ3) is 5.83. The number of carboxylic acid groups (broad SMARTS) is 1. The van der Waals surface area contributed by atoms with Gasteiger partial charge in [-0.1, -0.05) is 18.2 Å². The molecule has 0 amide bonds. The number of pyridine rings is 1. The van der Waals surface area contributed by atoms with Gasteiger partial charge in [0.25, 0.3) is 0 Å². The van der Waals surface area contributed by atoms with Crippen molar-refractivity contribution in [2.45, 2.75) is 31.6 Å². The summed E-state index contributed by atoms with van der Waals surface area (Å²) in [6.07, 6.45) is 10.00. The van der Waals surface area contributed by atoms with Gasteiger partial charge in [0.2, 0.25) is 0 Å². The van der Waals surface area contributed by atoms with Gasteiger partial charge in [-0.05, 0) is 103 Å². The number of carboxylic acids is 1. The van der Waals surface area contributed by atoms with Gasteiger partial charge >= 0.3 is 11.7 Å². The first-order valence-corrected chi connectivity index (χ1v) is 17.4. The van der Waals surface area contributed by atoms with Crippen molar-refractivity contribution < 1.29 is 9.90 Å². The molecular formula is C38H41N9O3. The smallest absolute Gasteiger partial charge is 0.356 e. The van der Waals surface area contributed by atoms with E-state index in [1.165, 1.54) is 11.6 Å². The van der Waals surface area contributed by atoms with Gasteiger partial charge in [-0.3, -0.25) is 18.8 Å². The number of fused-ring (bicyclic) bond motifs is 2. The second kappa shape index (κ2) is 12.8. The third-order valence-corrected chi connectivity index (χ3v) is 10.8. The number of anilines is 1. The van der Waals surface area contributed by atoms with Crippen LogP contribution in [0.2, 0.25) is 0 Å². The lowest BCUT2D eigenvalue weighted by Gasteiger charge is -2.38. The standard InChI is InChI=1S/C38H41N9O3/c1-43-23-28(20-40-43)33-18-26-5-4-6-29(31(26)21-39-33)27-17-30(36-34(19-27)44(2)38(50)45(36)3)25-11-13-46(14-12-25)22-24-9-15-47(16-10-24)35-8-7-32(37(48)49)41-42-35/h4-8,17-21,23-25H,9-16,22H2,1-3H3,(H,48,49). The molecule has 0 radical (unpaired) electrons. The minimum Gasteiger partial charge on any atom is -0.476 e. The van der Waals surface area contributed by atoms with E-state index in [2.05, 4.69) is 61.5 Å². The van der Waals surface area contributed by atoms with E-state index in [1.54, 1.807) is 15.3 Å². The van der Waals surface area contributed by atoms with Gasteiger partial charge in [-0.15, -0.1) is 10.2 Å². The Morgan fingerprint density at radius 1 is 0.880 bits per heavy atom. The van der Waals surface area contributed by atoms with Gasteiger partial charge in [-0.25, -0.2) is 9.59 Å². The van der Waals surface area contributed by atoms with Crippen molar-refractivity contribution in [2.75, 3.05) is 37.6 Å². The number of imidazole rings is 1. The fourth-order valence-corrected chi connectivity index (χ4v) is 8.03. The molecule has 2 saturated heterocycles. The minimum atomic E-state index is -1.06. The maximum absolute atomic E-state index is 13.3. The molecule has 2 fully saturated rings. The highest BCUT2D eigenvalue weighted by Gasteiger charge is 2.28. The van der Waals surface area contributed by atoms with Gasteiger partial charge < -0.3 is 14.9 Å². The molecule has 2 aromatic carbocycles. The number of benzene rings is 2. The van der Waals surface area contributed by atoms with E-state index >= 15 is 0 Å². The van der Waals surface area contributed by atoms with E-state index in [-0.39, 0.29) is 11.4 Å². The monoisotopic (exact) mass is 671 g/mol. The molecule has 12 nitrogen and oxygen atoms in total. The molecule has 0 bridgehead atoms. The van der Waals surface area contributed by atoms with E-state index in [4.69, 9.17) is 10.1 Å². The van der Waals surface area contributed by atoms with Crippen LogP contribution >= 0.6 is 0 Å². The zero-order valence-corrected chi connectivity index (χ0v) is 28.7. The molecule has 0 atom stereocenters. The zero-order chi connectivity index (χ0) is 34.5. The number of hydrogen-bond acceptors (Lipinski definition) is 8. The fraction of sp³-hybridized carbons (Fsp3) is 0.368. The van der Waals surface area contributed by atoms with Gasteiger partial charge in [0.1, 0.15) is 0 Å². The molecule has 0 spiro atoms. The van der Waals surface area contributed by atoms with Gasteiger partial charge in [0.05, 0.1) is 22.9 Å². The largest absolute Gasteiger partial charge is 0.476 e. The summed E-state index contributed by atoms with van der Waals surface area (Å²) in [4.78, 5) is 34.0. The van der Waals surface area contributed by atoms with E-state index < -0.39 is 5.97 Å². The molecule has 6 heterocycles. The molecule has 256 valence electrons. The van der Waals surface area contributed by atoms with Crippen LogP contribution < -0.4 is 10.6 Å². The summed E-state index contributed by atoms with van der Waals surface area (Å²) in [7, 11) is 5.67. The summed E-state index contributed by atoms with van der Waals surface area (Å²) in [5, 5.41) is 23.6. The van der Waals surface area contributed by atoms with E-state index in [0.29, 0.717) is 11.8 Å². The average Bonchev–Trinajstić information content (AvgIpc) is 3.68. The molecule has 0 unspecified atom stereocenters. The summed E-state index contributed by atoms with van der Waals surface area (Å²) in [5.41, 5.74) is 7.29. The Morgan fingerprint density at radius 2 is 1.68 bits per heavy atom. The third-order valence-electron chi connectivity index (χ3n) is 10.8. The average molecular weight is 672 g/mol.